The molecule has 2 unspecified atom stereocenters. The van der Waals surface area contributed by atoms with Crippen LogP contribution in [0, 0.1) is 11.8 Å². The molecule has 0 radical (unpaired) electrons. The lowest BCUT2D eigenvalue weighted by molar-refractivity contribution is -0.139. The molecule has 0 aromatic carbocycles. The van der Waals surface area contributed by atoms with Crippen molar-refractivity contribution in [3.8, 4) is 0 Å². The standard InChI is InChI=1S/C13H24N2O3/c1-3-5-11(12(16)17)15-13(18)14-8-10-7-4-6-9(10)2/h9-11H,3-8H2,1-2H3,(H,16,17)(H2,14,15,18)/t9?,10?,11-/m0/s1. The molecule has 3 N–H and O–H groups in total. The number of hydrogen-bond donors (Lipinski definition) is 3. The van der Waals surface area contributed by atoms with Crippen molar-refractivity contribution in [2.45, 2.75) is 52.0 Å². The van der Waals surface area contributed by atoms with Gasteiger partial charge in [-0.2, -0.15) is 0 Å². The molecule has 0 aromatic heterocycles. The van der Waals surface area contributed by atoms with E-state index in [1.54, 1.807) is 0 Å². The van der Waals surface area contributed by atoms with E-state index in [2.05, 4.69) is 17.6 Å². The van der Waals surface area contributed by atoms with Gasteiger partial charge in [0.15, 0.2) is 0 Å². The van der Waals surface area contributed by atoms with E-state index >= 15 is 0 Å². The monoisotopic (exact) mass is 256 g/mol. The van der Waals surface area contributed by atoms with Crippen LogP contribution in [0.25, 0.3) is 0 Å². The summed E-state index contributed by atoms with van der Waals surface area (Å²) in [5, 5.41) is 14.2. The van der Waals surface area contributed by atoms with E-state index in [4.69, 9.17) is 5.11 Å². The van der Waals surface area contributed by atoms with Crippen LogP contribution in [0.1, 0.15) is 46.0 Å². The highest BCUT2D eigenvalue weighted by Crippen LogP contribution is 2.30. The van der Waals surface area contributed by atoms with Crippen molar-refractivity contribution < 1.29 is 14.7 Å². The topological polar surface area (TPSA) is 78.4 Å². The largest absolute Gasteiger partial charge is 0.480 e. The number of hydrogen-bond acceptors (Lipinski definition) is 2. The fourth-order valence-electron chi connectivity index (χ4n) is 2.50. The highest BCUT2D eigenvalue weighted by Gasteiger charge is 2.24. The van der Waals surface area contributed by atoms with Gasteiger partial charge in [0.25, 0.3) is 0 Å². The third kappa shape index (κ3) is 4.55. The van der Waals surface area contributed by atoms with Crippen molar-refractivity contribution in [3.63, 3.8) is 0 Å². The first-order valence-corrected chi connectivity index (χ1v) is 6.81. The summed E-state index contributed by atoms with van der Waals surface area (Å²) in [6.45, 7) is 4.75. The minimum Gasteiger partial charge on any atom is -0.480 e. The summed E-state index contributed by atoms with van der Waals surface area (Å²) in [7, 11) is 0. The van der Waals surface area contributed by atoms with Gasteiger partial charge in [0.05, 0.1) is 0 Å². The molecule has 0 heterocycles. The van der Waals surface area contributed by atoms with Crippen LogP contribution in [0.5, 0.6) is 0 Å². The number of carboxylic acids is 1. The lowest BCUT2D eigenvalue weighted by Crippen LogP contribution is -2.47. The fourth-order valence-corrected chi connectivity index (χ4v) is 2.50. The number of carbonyl (C=O) groups is 2. The van der Waals surface area contributed by atoms with Gasteiger partial charge in [0, 0.05) is 6.54 Å². The van der Waals surface area contributed by atoms with Crippen LogP contribution >= 0.6 is 0 Å². The van der Waals surface area contributed by atoms with Gasteiger partial charge in [-0.05, 0) is 24.7 Å². The minimum absolute atomic E-state index is 0.366. The molecule has 1 fully saturated rings. The second-order valence-electron chi connectivity index (χ2n) is 5.20. The van der Waals surface area contributed by atoms with Gasteiger partial charge in [-0.3, -0.25) is 0 Å². The zero-order chi connectivity index (χ0) is 13.5. The lowest BCUT2D eigenvalue weighted by atomic mass is 9.98. The first-order valence-electron chi connectivity index (χ1n) is 6.81. The van der Waals surface area contributed by atoms with E-state index in [1.165, 1.54) is 12.8 Å². The Balaban J connectivity index is 2.29. The number of urea groups is 1. The predicted octanol–water partition coefficient (Wildman–Crippen LogP) is 1.98. The van der Waals surface area contributed by atoms with Gasteiger partial charge in [-0.25, -0.2) is 9.59 Å². The quantitative estimate of drug-likeness (QED) is 0.680. The van der Waals surface area contributed by atoms with Gasteiger partial charge < -0.3 is 15.7 Å². The lowest BCUT2D eigenvalue weighted by Gasteiger charge is -2.18. The molecule has 0 bridgehead atoms. The summed E-state index contributed by atoms with van der Waals surface area (Å²) in [5.41, 5.74) is 0. The van der Waals surface area contributed by atoms with Crippen molar-refractivity contribution in [2.24, 2.45) is 11.8 Å². The highest BCUT2D eigenvalue weighted by molar-refractivity contribution is 5.82. The molecular formula is C13H24N2O3. The van der Waals surface area contributed by atoms with E-state index in [1.807, 2.05) is 6.92 Å². The minimum atomic E-state index is -0.971. The number of carbonyl (C=O) groups excluding carboxylic acids is 1. The van der Waals surface area contributed by atoms with Crippen molar-refractivity contribution in [2.75, 3.05) is 6.54 Å². The van der Waals surface area contributed by atoms with Gasteiger partial charge in [-0.1, -0.05) is 33.1 Å². The molecule has 0 spiro atoms. The van der Waals surface area contributed by atoms with Gasteiger partial charge >= 0.3 is 12.0 Å². The van der Waals surface area contributed by atoms with E-state index in [9.17, 15) is 9.59 Å². The van der Waals surface area contributed by atoms with Gasteiger partial charge in [0.1, 0.15) is 6.04 Å². The van der Waals surface area contributed by atoms with Crippen LogP contribution in [0.3, 0.4) is 0 Å². The third-order valence-corrected chi connectivity index (χ3v) is 3.74. The smallest absolute Gasteiger partial charge is 0.326 e. The van der Waals surface area contributed by atoms with E-state index in [-0.39, 0.29) is 6.03 Å². The Morgan fingerprint density at radius 1 is 1.39 bits per heavy atom. The molecule has 1 saturated carbocycles. The van der Waals surface area contributed by atoms with E-state index in [0.29, 0.717) is 24.8 Å². The zero-order valence-electron chi connectivity index (χ0n) is 11.2. The Kier molecular flexibility index (Phi) is 5.95. The molecule has 5 nitrogen and oxygen atoms in total. The number of carboxylic acid groups (broad SMARTS) is 1. The zero-order valence-corrected chi connectivity index (χ0v) is 11.2. The molecule has 18 heavy (non-hydrogen) atoms. The van der Waals surface area contributed by atoms with E-state index < -0.39 is 12.0 Å². The van der Waals surface area contributed by atoms with Crippen molar-refractivity contribution in [3.05, 3.63) is 0 Å². The highest BCUT2D eigenvalue weighted by atomic mass is 16.4. The summed E-state index contributed by atoms with van der Waals surface area (Å²) < 4.78 is 0. The molecule has 0 aromatic rings. The Morgan fingerprint density at radius 3 is 2.61 bits per heavy atom. The van der Waals surface area contributed by atoms with Crippen molar-refractivity contribution in [1.29, 1.82) is 0 Å². The molecule has 0 aliphatic heterocycles. The molecule has 1 aliphatic rings. The molecule has 5 heteroatoms. The molecule has 1 aliphatic carbocycles. The van der Waals surface area contributed by atoms with Crippen molar-refractivity contribution >= 4 is 12.0 Å². The SMILES string of the molecule is CCC[C@H](NC(=O)NCC1CCCC1C)C(=O)O. The summed E-state index contributed by atoms with van der Waals surface area (Å²) in [6.07, 6.45) is 4.79. The maximum Gasteiger partial charge on any atom is 0.326 e. The Bertz CT molecular complexity index is 294. The molecule has 104 valence electrons. The fraction of sp³-hybridized carbons (Fsp3) is 0.846. The van der Waals surface area contributed by atoms with Crippen LogP contribution in [0.2, 0.25) is 0 Å². The predicted molar refractivity (Wildman–Crippen MR) is 69.4 cm³/mol. The second-order valence-corrected chi connectivity index (χ2v) is 5.20. The summed E-state index contributed by atoms with van der Waals surface area (Å²) in [6, 6.07) is -1.15. The third-order valence-electron chi connectivity index (χ3n) is 3.74. The van der Waals surface area contributed by atoms with E-state index in [0.717, 1.165) is 12.8 Å². The van der Waals surface area contributed by atoms with Crippen LogP contribution < -0.4 is 10.6 Å². The molecule has 0 saturated heterocycles. The molecule has 3 atom stereocenters. The van der Waals surface area contributed by atoms with Crippen LogP contribution in [0.4, 0.5) is 4.79 Å². The number of rotatable bonds is 6. The first kappa shape index (κ1) is 14.8. The van der Waals surface area contributed by atoms with Crippen LogP contribution in [0.15, 0.2) is 0 Å². The summed E-state index contributed by atoms with van der Waals surface area (Å²) in [4.78, 5) is 22.5. The van der Waals surface area contributed by atoms with Crippen molar-refractivity contribution in [1.82, 2.24) is 10.6 Å². The number of aliphatic carboxylic acids is 1. The first-order chi connectivity index (χ1) is 8.54. The maximum absolute atomic E-state index is 11.6. The Hall–Kier alpha value is -1.26. The number of amides is 2. The summed E-state index contributed by atoms with van der Waals surface area (Å²) in [5.74, 6) is 0.211. The van der Waals surface area contributed by atoms with Gasteiger partial charge in [-0.15, -0.1) is 0 Å². The van der Waals surface area contributed by atoms with Gasteiger partial charge in [0.2, 0.25) is 0 Å². The van der Waals surface area contributed by atoms with Crippen LogP contribution in [-0.2, 0) is 4.79 Å². The maximum atomic E-state index is 11.6. The summed E-state index contributed by atoms with van der Waals surface area (Å²) >= 11 is 0. The Labute approximate surface area is 108 Å². The molecule has 2 amide bonds. The average molecular weight is 256 g/mol. The Morgan fingerprint density at radius 2 is 2.11 bits per heavy atom. The second kappa shape index (κ2) is 7.24. The normalized spacial score (nSPS) is 24.6. The molecule has 1 rings (SSSR count). The average Bonchev–Trinajstić information content (AvgIpc) is 2.71. The number of nitrogens with one attached hydrogen (secondary N) is 2. The molecular weight excluding hydrogens is 232 g/mol. The van der Waals surface area contributed by atoms with Crippen LogP contribution in [-0.4, -0.2) is 29.7 Å².